The second-order valence-corrected chi connectivity index (χ2v) is 3.00. The van der Waals surface area contributed by atoms with Crippen LogP contribution in [-0.4, -0.2) is 11.2 Å². The number of aliphatic hydroxyl groups excluding tert-OH is 1. The van der Waals surface area contributed by atoms with Gasteiger partial charge in [0.1, 0.15) is 0 Å². The first-order valence-electron chi connectivity index (χ1n) is 4.09. The fraction of sp³-hybridized carbons (Fsp3) is 0.300. The van der Waals surface area contributed by atoms with Gasteiger partial charge in [0.15, 0.2) is 0 Å². The molecule has 3 heteroatoms. The SMILES string of the molecule is C[C@@H](O)[C@@H](N)c1ccc(C#N)cc1. The van der Waals surface area contributed by atoms with Crippen LogP contribution in [0.15, 0.2) is 24.3 Å². The van der Waals surface area contributed by atoms with Gasteiger partial charge in [0, 0.05) is 0 Å². The van der Waals surface area contributed by atoms with E-state index in [4.69, 9.17) is 11.0 Å². The van der Waals surface area contributed by atoms with Crippen molar-refractivity contribution in [1.82, 2.24) is 0 Å². The van der Waals surface area contributed by atoms with Crippen molar-refractivity contribution in [3.05, 3.63) is 35.4 Å². The first kappa shape index (κ1) is 9.72. The van der Waals surface area contributed by atoms with Gasteiger partial charge in [0.2, 0.25) is 0 Å². The van der Waals surface area contributed by atoms with Crippen molar-refractivity contribution in [1.29, 1.82) is 5.26 Å². The summed E-state index contributed by atoms with van der Waals surface area (Å²) in [7, 11) is 0. The molecule has 0 aliphatic carbocycles. The number of hydrogen-bond acceptors (Lipinski definition) is 3. The lowest BCUT2D eigenvalue weighted by Gasteiger charge is -2.14. The lowest BCUT2D eigenvalue weighted by atomic mass is 10.0. The zero-order chi connectivity index (χ0) is 9.84. The molecular weight excluding hydrogens is 164 g/mol. The molecule has 3 N–H and O–H groups in total. The van der Waals surface area contributed by atoms with Crippen LogP contribution in [0.5, 0.6) is 0 Å². The van der Waals surface area contributed by atoms with Crippen molar-refractivity contribution in [2.75, 3.05) is 0 Å². The molecule has 2 atom stereocenters. The quantitative estimate of drug-likeness (QED) is 0.704. The van der Waals surface area contributed by atoms with Gasteiger partial charge in [0.25, 0.3) is 0 Å². The van der Waals surface area contributed by atoms with E-state index in [-0.39, 0.29) is 6.04 Å². The topological polar surface area (TPSA) is 70.0 Å². The van der Waals surface area contributed by atoms with E-state index >= 15 is 0 Å². The van der Waals surface area contributed by atoms with E-state index in [9.17, 15) is 5.11 Å². The van der Waals surface area contributed by atoms with Crippen molar-refractivity contribution in [2.45, 2.75) is 19.1 Å². The molecule has 13 heavy (non-hydrogen) atoms. The molecule has 68 valence electrons. The summed E-state index contributed by atoms with van der Waals surface area (Å²) >= 11 is 0. The molecule has 1 aromatic rings. The van der Waals surface area contributed by atoms with Gasteiger partial charge in [-0.05, 0) is 24.6 Å². The van der Waals surface area contributed by atoms with E-state index in [1.807, 2.05) is 6.07 Å². The minimum absolute atomic E-state index is 0.382. The van der Waals surface area contributed by atoms with Crippen molar-refractivity contribution in [3.63, 3.8) is 0 Å². The van der Waals surface area contributed by atoms with E-state index in [2.05, 4.69) is 0 Å². The van der Waals surface area contributed by atoms with E-state index in [0.29, 0.717) is 5.56 Å². The molecule has 0 amide bonds. The molecule has 0 radical (unpaired) electrons. The van der Waals surface area contributed by atoms with Gasteiger partial charge in [-0.15, -0.1) is 0 Å². The first-order chi connectivity index (χ1) is 6.15. The van der Waals surface area contributed by atoms with E-state index < -0.39 is 6.10 Å². The monoisotopic (exact) mass is 176 g/mol. The average molecular weight is 176 g/mol. The maximum Gasteiger partial charge on any atom is 0.0991 e. The molecular formula is C10H12N2O. The maximum atomic E-state index is 9.21. The molecule has 0 heterocycles. The lowest BCUT2D eigenvalue weighted by Crippen LogP contribution is -2.22. The number of benzene rings is 1. The highest BCUT2D eigenvalue weighted by molar-refractivity contribution is 5.32. The number of hydrogen-bond donors (Lipinski definition) is 2. The number of nitrogens with zero attached hydrogens (tertiary/aromatic N) is 1. The summed E-state index contributed by atoms with van der Waals surface area (Å²) in [6.45, 7) is 1.64. The van der Waals surface area contributed by atoms with Crippen LogP contribution in [0.1, 0.15) is 24.1 Å². The first-order valence-corrected chi connectivity index (χ1v) is 4.09. The standard InChI is InChI=1S/C10H12N2O/c1-7(13)10(12)9-4-2-8(6-11)3-5-9/h2-5,7,10,13H,12H2,1H3/t7-,10-/m1/s1. The summed E-state index contributed by atoms with van der Waals surface area (Å²) in [5.41, 5.74) is 7.14. The molecule has 0 bridgehead atoms. The molecule has 0 aromatic heterocycles. The lowest BCUT2D eigenvalue weighted by molar-refractivity contribution is 0.164. The molecule has 0 aliphatic rings. The van der Waals surface area contributed by atoms with Gasteiger partial charge in [-0.3, -0.25) is 0 Å². The Morgan fingerprint density at radius 2 is 1.92 bits per heavy atom. The van der Waals surface area contributed by atoms with Crippen molar-refractivity contribution < 1.29 is 5.11 Å². The van der Waals surface area contributed by atoms with Crippen molar-refractivity contribution in [3.8, 4) is 6.07 Å². The number of nitriles is 1. The zero-order valence-corrected chi connectivity index (χ0v) is 7.44. The van der Waals surface area contributed by atoms with Crippen LogP contribution < -0.4 is 5.73 Å². The Morgan fingerprint density at radius 1 is 1.38 bits per heavy atom. The smallest absolute Gasteiger partial charge is 0.0991 e. The van der Waals surface area contributed by atoms with Gasteiger partial charge < -0.3 is 10.8 Å². The second-order valence-electron chi connectivity index (χ2n) is 3.00. The van der Waals surface area contributed by atoms with E-state index in [1.165, 1.54) is 0 Å². The normalized spacial score (nSPS) is 14.6. The van der Waals surface area contributed by atoms with Crippen LogP contribution in [0, 0.1) is 11.3 Å². The van der Waals surface area contributed by atoms with Crippen molar-refractivity contribution in [2.24, 2.45) is 5.73 Å². The highest BCUT2D eigenvalue weighted by Crippen LogP contribution is 2.14. The molecule has 0 aliphatic heterocycles. The molecule has 0 unspecified atom stereocenters. The Kier molecular flexibility index (Phi) is 3.02. The van der Waals surface area contributed by atoms with Crippen LogP contribution in [-0.2, 0) is 0 Å². The second kappa shape index (κ2) is 4.04. The van der Waals surface area contributed by atoms with Crippen LogP contribution >= 0.6 is 0 Å². The molecule has 0 spiro atoms. The Balaban J connectivity index is 2.87. The Bertz CT molecular complexity index is 311. The summed E-state index contributed by atoms with van der Waals surface area (Å²) in [4.78, 5) is 0. The zero-order valence-electron chi connectivity index (χ0n) is 7.44. The Hall–Kier alpha value is -1.37. The van der Waals surface area contributed by atoms with Gasteiger partial charge in [-0.1, -0.05) is 12.1 Å². The molecule has 0 saturated heterocycles. The van der Waals surface area contributed by atoms with E-state index in [0.717, 1.165) is 5.56 Å². The van der Waals surface area contributed by atoms with Crippen LogP contribution in [0.25, 0.3) is 0 Å². The summed E-state index contributed by atoms with van der Waals surface area (Å²) in [5.74, 6) is 0. The summed E-state index contributed by atoms with van der Waals surface area (Å²) in [5, 5.41) is 17.8. The minimum Gasteiger partial charge on any atom is -0.391 e. The Labute approximate surface area is 77.4 Å². The predicted octanol–water partition coefficient (Wildman–Crippen LogP) is 0.939. The van der Waals surface area contributed by atoms with Gasteiger partial charge in [-0.2, -0.15) is 5.26 Å². The number of aliphatic hydroxyl groups is 1. The fourth-order valence-electron chi connectivity index (χ4n) is 1.06. The third-order valence-electron chi connectivity index (χ3n) is 1.94. The fourth-order valence-corrected chi connectivity index (χ4v) is 1.06. The average Bonchev–Trinajstić information content (AvgIpc) is 2.17. The van der Waals surface area contributed by atoms with Gasteiger partial charge in [0.05, 0.1) is 23.8 Å². The van der Waals surface area contributed by atoms with Gasteiger partial charge >= 0.3 is 0 Å². The van der Waals surface area contributed by atoms with E-state index in [1.54, 1.807) is 31.2 Å². The molecule has 3 nitrogen and oxygen atoms in total. The maximum absolute atomic E-state index is 9.21. The van der Waals surface area contributed by atoms with Gasteiger partial charge in [-0.25, -0.2) is 0 Å². The highest BCUT2D eigenvalue weighted by Gasteiger charge is 2.10. The van der Waals surface area contributed by atoms with Crippen LogP contribution in [0.4, 0.5) is 0 Å². The number of nitrogens with two attached hydrogens (primary N) is 1. The van der Waals surface area contributed by atoms with Crippen molar-refractivity contribution >= 4 is 0 Å². The minimum atomic E-state index is -0.576. The summed E-state index contributed by atoms with van der Waals surface area (Å²) in [6, 6.07) is 8.54. The third kappa shape index (κ3) is 2.28. The summed E-state index contributed by atoms with van der Waals surface area (Å²) in [6.07, 6.45) is -0.576. The largest absolute Gasteiger partial charge is 0.391 e. The predicted molar refractivity (Wildman–Crippen MR) is 49.8 cm³/mol. The Morgan fingerprint density at radius 3 is 2.31 bits per heavy atom. The van der Waals surface area contributed by atoms with Crippen LogP contribution in [0.2, 0.25) is 0 Å². The molecule has 0 fully saturated rings. The molecule has 1 rings (SSSR count). The highest BCUT2D eigenvalue weighted by atomic mass is 16.3. The summed E-state index contributed by atoms with van der Waals surface area (Å²) < 4.78 is 0. The molecule has 1 aromatic carbocycles. The molecule has 0 saturated carbocycles. The third-order valence-corrected chi connectivity index (χ3v) is 1.94. The number of rotatable bonds is 2. The van der Waals surface area contributed by atoms with Crippen LogP contribution in [0.3, 0.4) is 0 Å².